The van der Waals surface area contributed by atoms with E-state index in [4.69, 9.17) is 4.74 Å². The van der Waals surface area contributed by atoms with Crippen molar-refractivity contribution in [2.24, 2.45) is 0 Å². The molecule has 0 saturated heterocycles. The standard InChI is InChI=1S/C21H19BrFNO2/c1-13(15-4-8-19(23)9-5-15)24-21(25)14(2)26-20-10-6-16-11-18(22)7-3-17(16)12-20/h3-14H,1-2H3,(H,24,25)/t13-,14-/m0/s1. The first kappa shape index (κ1) is 18.4. The summed E-state index contributed by atoms with van der Waals surface area (Å²) in [7, 11) is 0. The molecule has 3 aromatic carbocycles. The van der Waals surface area contributed by atoms with Crippen molar-refractivity contribution in [3.63, 3.8) is 0 Å². The van der Waals surface area contributed by atoms with Crippen molar-refractivity contribution in [2.45, 2.75) is 26.0 Å². The zero-order chi connectivity index (χ0) is 18.7. The van der Waals surface area contributed by atoms with Crippen LogP contribution in [0.5, 0.6) is 5.75 Å². The van der Waals surface area contributed by atoms with Crippen LogP contribution in [0.3, 0.4) is 0 Å². The predicted octanol–water partition coefficient (Wildman–Crippen LogP) is 5.39. The highest BCUT2D eigenvalue weighted by Gasteiger charge is 2.18. The third-order valence-electron chi connectivity index (χ3n) is 4.18. The van der Waals surface area contributed by atoms with E-state index in [0.29, 0.717) is 5.75 Å². The first-order valence-electron chi connectivity index (χ1n) is 8.34. The van der Waals surface area contributed by atoms with E-state index in [1.165, 1.54) is 12.1 Å². The second-order valence-corrected chi connectivity index (χ2v) is 7.11. The summed E-state index contributed by atoms with van der Waals surface area (Å²) < 4.78 is 19.8. The molecule has 26 heavy (non-hydrogen) atoms. The molecule has 0 saturated carbocycles. The SMILES string of the molecule is C[C@H](Oc1ccc2cc(Br)ccc2c1)C(=O)N[C@@H](C)c1ccc(F)cc1. The molecule has 0 aliphatic carbocycles. The molecule has 134 valence electrons. The number of hydrogen-bond acceptors (Lipinski definition) is 2. The molecule has 5 heteroatoms. The first-order valence-corrected chi connectivity index (χ1v) is 9.13. The molecule has 3 rings (SSSR count). The van der Waals surface area contributed by atoms with E-state index < -0.39 is 6.10 Å². The zero-order valence-corrected chi connectivity index (χ0v) is 16.1. The lowest BCUT2D eigenvalue weighted by Gasteiger charge is -2.19. The number of ether oxygens (including phenoxy) is 1. The van der Waals surface area contributed by atoms with E-state index in [1.807, 2.05) is 43.3 Å². The minimum atomic E-state index is -0.647. The van der Waals surface area contributed by atoms with E-state index in [1.54, 1.807) is 19.1 Å². The smallest absolute Gasteiger partial charge is 0.261 e. The van der Waals surface area contributed by atoms with Crippen LogP contribution in [-0.2, 0) is 4.79 Å². The number of hydrogen-bond donors (Lipinski definition) is 1. The Morgan fingerprint density at radius 2 is 1.65 bits per heavy atom. The third-order valence-corrected chi connectivity index (χ3v) is 4.68. The van der Waals surface area contributed by atoms with Crippen LogP contribution in [0.1, 0.15) is 25.5 Å². The molecular formula is C21H19BrFNO2. The van der Waals surface area contributed by atoms with E-state index in [2.05, 4.69) is 21.2 Å². The van der Waals surface area contributed by atoms with E-state index in [-0.39, 0.29) is 17.8 Å². The number of rotatable bonds is 5. The van der Waals surface area contributed by atoms with Gasteiger partial charge in [0.25, 0.3) is 5.91 Å². The number of halogens is 2. The molecule has 1 N–H and O–H groups in total. The van der Waals surface area contributed by atoms with Gasteiger partial charge in [0.1, 0.15) is 11.6 Å². The predicted molar refractivity (Wildman–Crippen MR) is 105 cm³/mol. The van der Waals surface area contributed by atoms with Gasteiger partial charge in [-0.05, 0) is 66.6 Å². The van der Waals surface area contributed by atoms with Gasteiger partial charge in [-0.3, -0.25) is 4.79 Å². The molecule has 2 atom stereocenters. The van der Waals surface area contributed by atoms with E-state index in [9.17, 15) is 9.18 Å². The van der Waals surface area contributed by atoms with Crippen molar-refractivity contribution in [1.82, 2.24) is 5.32 Å². The summed E-state index contributed by atoms with van der Waals surface area (Å²) in [5.41, 5.74) is 0.836. The van der Waals surface area contributed by atoms with Gasteiger partial charge in [0.05, 0.1) is 6.04 Å². The van der Waals surface area contributed by atoms with Gasteiger partial charge in [-0.15, -0.1) is 0 Å². The van der Waals surface area contributed by atoms with Crippen molar-refractivity contribution in [3.05, 3.63) is 76.5 Å². The molecule has 0 unspecified atom stereocenters. The van der Waals surface area contributed by atoms with Gasteiger partial charge >= 0.3 is 0 Å². The number of amides is 1. The number of benzene rings is 3. The summed E-state index contributed by atoms with van der Waals surface area (Å²) in [6, 6.07) is 17.6. The summed E-state index contributed by atoms with van der Waals surface area (Å²) in [4.78, 5) is 12.4. The van der Waals surface area contributed by atoms with Crippen LogP contribution < -0.4 is 10.1 Å². The van der Waals surface area contributed by atoms with Crippen LogP contribution in [0.25, 0.3) is 10.8 Å². The van der Waals surface area contributed by atoms with Crippen molar-refractivity contribution < 1.29 is 13.9 Å². The Morgan fingerprint density at radius 3 is 2.38 bits per heavy atom. The highest BCUT2D eigenvalue weighted by Crippen LogP contribution is 2.25. The summed E-state index contributed by atoms with van der Waals surface area (Å²) in [5, 5.41) is 5.02. The molecule has 0 aliphatic rings. The fourth-order valence-electron chi connectivity index (χ4n) is 2.69. The lowest BCUT2D eigenvalue weighted by molar-refractivity contribution is -0.127. The van der Waals surface area contributed by atoms with Crippen molar-refractivity contribution >= 4 is 32.6 Å². The zero-order valence-electron chi connectivity index (χ0n) is 14.5. The van der Waals surface area contributed by atoms with E-state index >= 15 is 0 Å². The molecule has 0 heterocycles. The number of nitrogens with one attached hydrogen (secondary N) is 1. The van der Waals surface area contributed by atoms with Crippen LogP contribution >= 0.6 is 15.9 Å². The number of carbonyl (C=O) groups is 1. The Morgan fingerprint density at radius 1 is 1.00 bits per heavy atom. The fraction of sp³-hybridized carbons (Fsp3) is 0.190. The molecule has 3 nitrogen and oxygen atoms in total. The summed E-state index contributed by atoms with van der Waals surface area (Å²) in [5.74, 6) is 0.113. The molecule has 3 aromatic rings. The van der Waals surface area contributed by atoms with Gasteiger partial charge < -0.3 is 10.1 Å². The van der Waals surface area contributed by atoms with Crippen LogP contribution in [0.2, 0.25) is 0 Å². The Bertz CT molecular complexity index is 927. The Kier molecular flexibility index (Phi) is 5.57. The van der Waals surface area contributed by atoms with Crippen molar-refractivity contribution in [3.8, 4) is 5.75 Å². The molecule has 0 fully saturated rings. The monoisotopic (exact) mass is 415 g/mol. The van der Waals surface area contributed by atoms with Gasteiger partial charge in [0, 0.05) is 4.47 Å². The average molecular weight is 416 g/mol. The molecule has 0 spiro atoms. The number of fused-ring (bicyclic) bond motifs is 1. The maximum Gasteiger partial charge on any atom is 0.261 e. The van der Waals surface area contributed by atoms with Gasteiger partial charge in [-0.1, -0.05) is 40.2 Å². The maximum atomic E-state index is 13.0. The molecule has 0 aromatic heterocycles. The lowest BCUT2D eigenvalue weighted by Crippen LogP contribution is -2.37. The second kappa shape index (κ2) is 7.87. The average Bonchev–Trinajstić information content (AvgIpc) is 2.62. The summed E-state index contributed by atoms with van der Waals surface area (Å²) >= 11 is 3.45. The minimum Gasteiger partial charge on any atom is -0.481 e. The second-order valence-electron chi connectivity index (χ2n) is 6.20. The van der Waals surface area contributed by atoms with Crippen LogP contribution in [0.15, 0.2) is 65.1 Å². The van der Waals surface area contributed by atoms with Crippen molar-refractivity contribution in [1.29, 1.82) is 0 Å². The van der Waals surface area contributed by atoms with Crippen LogP contribution in [0, 0.1) is 5.82 Å². The molecule has 1 amide bonds. The number of carbonyl (C=O) groups excluding carboxylic acids is 1. The Balaban J connectivity index is 1.65. The van der Waals surface area contributed by atoms with Gasteiger partial charge in [-0.2, -0.15) is 0 Å². The normalized spacial score (nSPS) is 13.2. The largest absolute Gasteiger partial charge is 0.481 e. The molecule has 0 aliphatic heterocycles. The fourth-order valence-corrected chi connectivity index (χ4v) is 3.07. The maximum absolute atomic E-state index is 13.0. The summed E-state index contributed by atoms with van der Waals surface area (Å²) in [6.07, 6.45) is -0.647. The topological polar surface area (TPSA) is 38.3 Å². The highest BCUT2D eigenvalue weighted by atomic mass is 79.9. The molecule has 0 bridgehead atoms. The van der Waals surface area contributed by atoms with Crippen LogP contribution in [-0.4, -0.2) is 12.0 Å². The van der Waals surface area contributed by atoms with E-state index in [0.717, 1.165) is 20.8 Å². The van der Waals surface area contributed by atoms with Crippen molar-refractivity contribution in [2.75, 3.05) is 0 Å². The first-order chi connectivity index (χ1) is 12.4. The van der Waals surface area contributed by atoms with Gasteiger partial charge in [0.2, 0.25) is 0 Å². The quantitative estimate of drug-likeness (QED) is 0.606. The van der Waals surface area contributed by atoms with Crippen LogP contribution in [0.4, 0.5) is 4.39 Å². The lowest BCUT2D eigenvalue weighted by atomic mass is 10.1. The van der Waals surface area contributed by atoms with Gasteiger partial charge in [0.15, 0.2) is 6.10 Å². The summed E-state index contributed by atoms with van der Waals surface area (Å²) in [6.45, 7) is 3.56. The highest BCUT2D eigenvalue weighted by molar-refractivity contribution is 9.10. The minimum absolute atomic E-state index is 0.224. The molecule has 0 radical (unpaired) electrons. The Labute approximate surface area is 160 Å². The molecular weight excluding hydrogens is 397 g/mol. The van der Waals surface area contributed by atoms with Gasteiger partial charge in [-0.25, -0.2) is 4.39 Å². The third kappa shape index (κ3) is 4.41. The Hall–Kier alpha value is -2.40.